The van der Waals surface area contributed by atoms with E-state index in [0.717, 1.165) is 5.56 Å². The fraction of sp³-hybridized carbons (Fsp3) is 0.391. The molecule has 0 aliphatic heterocycles. The van der Waals surface area contributed by atoms with Crippen LogP contribution in [0.3, 0.4) is 0 Å². The first kappa shape index (κ1) is 24.0. The summed E-state index contributed by atoms with van der Waals surface area (Å²) in [5.41, 5.74) is 0.936. The highest BCUT2D eigenvalue weighted by molar-refractivity contribution is 6.35. The van der Waals surface area contributed by atoms with E-state index in [1.807, 2.05) is 51.1 Å². The minimum Gasteiger partial charge on any atom is -0.482 e. The van der Waals surface area contributed by atoms with Gasteiger partial charge in [0.15, 0.2) is 6.61 Å². The Morgan fingerprint density at radius 3 is 2.40 bits per heavy atom. The number of halogens is 2. The van der Waals surface area contributed by atoms with Gasteiger partial charge in [-0.25, -0.2) is 0 Å². The number of carbonyl (C=O) groups is 2. The number of hydrogen-bond acceptors (Lipinski definition) is 3. The molecule has 0 saturated heterocycles. The van der Waals surface area contributed by atoms with Crippen LogP contribution in [-0.2, 0) is 16.1 Å². The lowest BCUT2D eigenvalue weighted by molar-refractivity contribution is -0.143. The molecule has 1 N–H and O–H groups in total. The van der Waals surface area contributed by atoms with E-state index >= 15 is 0 Å². The number of hydrogen-bond donors (Lipinski definition) is 1. The van der Waals surface area contributed by atoms with Gasteiger partial charge < -0.3 is 15.0 Å². The number of amides is 2. The van der Waals surface area contributed by atoms with E-state index in [0.29, 0.717) is 41.2 Å². The molecule has 0 spiro atoms. The summed E-state index contributed by atoms with van der Waals surface area (Å²) in [5.74, 6) is 0.225. The molecule has 0 bridgehead atoms. The molecular weight excluding hydrogens is 423 g/mol. The van der Waals surface area contributed by atoms with Gasteiger partial charge in [-0.05, 0) is 36.1 Å². The van der Waals surface area contributed by atoms with Crippen LogP contribution in [0.1, 0.15) is 32.8 Å². The summed E-state index contributed by atoms with van der Waals surface area (Å²) in [6.07, 6.45) is 0.490. The molecule has 0 saturated carbocycles. The van der Waals surface area contributed by atoms with Gasteiger partial charge >= 0.3 is 0 Å². The van der Waals surface area contributed by atoms with Crippen molar-refractivity contribution in [3.05, 3.63) is 64.1 Å². The summed E-state index contributed by atoms with van der Waals surface area (Å²) < 4.78 is 5.63. The number of nitrogens with one attached hydrogen (secondary N) is 1. The Labute approximate surface area is 188 Å². The monoisotopic (exact) mass is 450 g/mol. The van der Waals surface area contributed by atoms with Gasteiger partial charge in [-0.3, -0.25) is 9.59 Å². The summed E-state index contributed by atoms with van der Waals surface area (Å²) >= 11 is 12.0. The Balaban J connectivity index is 2.18. The SMILES string of the molecule is CC[C@@H](C(=O)NCC(C)C)N(Cc1ccccc1)C(=O)COc1ccc(Cl)cc1Cl. The van der Waals surface area contributed by atoms with Crippen molar-refractivity contribution in [2.75, 3.05) is 13.2 Å². The van der Waals surface area contributed by atoms with Crippen LogP contribution >= 0.6 is 23.2 Å². The largest absolute Gasteiger partial charge is 0.482 e. The molecule has 2 aromatic rings. The predicted octanol–water partition coefficient (Wildman–Crippen LogP) is 4.95. The second-order valence-electron chi connectivity index (χ2n) is 7.43. The number of nitrogens with zero attached hydrogens (tertiary/aromatic N) is 1. The first-order valence-corrected chi connectivity index (χ1v) is 10.8. The van der Waals surface area contributed by atoms with E-state index in [-0.39, 0.29) is 18.4 Å². The van der Waals surface area contributed by atoms with Crippen LogP contribution in [0.15, 0.2) is 48.5 Å². The topological polar surface area (TPSA) is 58.6 Å². The molecule has 0 unspecified atom stereocenters. The lowest BCUT2D eigenvalue weighted by Crippen LogP contribution is -2.50. The van der Waals surface area contributed by atoms with Crippen LogP contribution in [0.2, 0.25) is 10.0 Å². The van der Waals surface area contributed by atoms with Crippen molar-refractivity contribution in [2.45, 2.75) is 39.8 Å². The number of carbonyl (C=O) groups excluding carboxylic acids is 2. The number of benzene rings is 2. The summed E-state index contributed by atoms with van der Waals surface area (Å²) in [4.78, 5) is 27.5. The standard InChI is InChI=1S/C23H28Cl2N2O3/c1-4-20(23(29)26-13-16(2)3)27(14-17-8-6-5-7-9-17)22(28)15-30-21-11-10-18(24)12-19(21)25/h5-12,16,20H,4,13-15H2,1-3H3,(H,26,29)/t20-/m0/s1. The first-order valence-electron chi connectivity index (χ1n) is 10.0. The molecule has 1 atom stereocenters. The fourth-order valence-electron chi connectivity index (χ4n) is 2.94. The Hall–Kier alpha value is -2.24. The third-order valence-corrected chi connectivity index (χ3v) is 5.04. The average Bonchev–Trinajstić information content (AvgIpc) is 2.72. The normalized spacial score (nSPS) is 11.8. The van der Waals surface area contributed by atoms with Crippen LogP contribution in [-0.4, -0.2) is 35.9 Å². The zero-order chi connectivity index (χ0) is 22.1. The molecule has 162 valence electrons. The Morgan fingerprint density at radius 2 is 1.80 bits per heavy atom. The quantitative estimate of drug-likeness (QED) is 0.556. The molecule has 0 aliphatic carbocycles. The van der Waals surface area contributed by atoms with Gasteiger partial charge in [-0.1, -0.05) is 74.3 Å². The third kappa shape index (κ3) is 7.22. The second-order valence-corrected chi connectivity index (χ2v) is 8.28. The van der Waals surface area contributed by atoms with Crippen molar-refractivity contribution < 1.29 is 14.3 Å². The van der Waals surface area contributed by atoms with Crippen LogP contribution in [0.25, 0.3) is 0 Å². The lowest BCUT2D eigenvalue weighted by Gasteiger charge is -2.30. The van der Waals surface area contributed by atoms with Gasteiger partial charge in [-0.2, -0.15) is 0 Å². The van der Waals surface area contributed by atoms with Crippen LogP contribution in [0, 0.1) is 5.92 Å². The maximum atomic E-state index is 13.1. The molecule has 0 heterocycles. The third-order valence-electron chi connectivity index (χ3n) is 4.51. The van der Waals surface area contributed by atoms with Crippen LogP contribution in [0.4, 0.5) is 0 Å². The maximum Gasteiger partial charge on any atom is 0.261 e. The average molecular weight is 451 g/mol. The van der Waals surface area contributed by atoms with Gasteiger partial charge in [0, 0.05) is 18.1 Å². The van der Waals surface area contributed by atoms with Crippen molar-refractivity contribution in [3.63, 3.8) is 0 Å². The van der Waals surface area contributed by atoms with Crippen molar-refractivity contribution in [3.8, 4) is 5.75 Å². The van der Waals surface area contributed by atoms with Crippen molar-refractivity contribution in [1.29, 1.82) is 0 Å². The number of ether oxygens (including phenoxy) is 1. The smallest absolute Gasteiger partial charge is 0.261 e. The van der Waals surface area contributed by atoms with Gasteiger partial charge in [-0.15, -0.1) is 0 Å². The zero-order valence-corrected chi connectivity index (χ0v) is 19.0. The van der Waals surface area contributed by atoms with Gasteiger partial charge in [0.1, 0.15) is 11.8 Å². The Bertz CT molecular complexity index is 844. The highest BCUT2D eigenvalue weighted by atomic mass is 35.5. The van der Waals surface area contributed by atoms with Crippen molar-refractivity contribution in [2.24, 2.45) is 5.92 Å². The zero-order valence-electron chi connectivity index (χ0n) is 17.5. The Morgan fingerprint density at radius 1 is 1.10 bits per heavy atom. The fourth-order valence-corrected chi connectivity index (χ4v) is 3.40. The highest BCUT2D eigenvalue weighted by Gasteiger charge is 2.29. The van der Waals surface area contributed by atoms with Crippen LogP contribution < -0.4 is 10.1 Å². The van der Waals surface area contributed by atoms with Crippen molar-refractivity contribution >= 4 is 35.0 Å². The minimum absolute atomic E-state index is 0.167. The van der Waals surface area contributed by atoms with Gasteiger partial charge in [0.25, 0.3) is 5.91 Å². The van der Waals surface area contributed by atoms with Crippen molar-refractivity contribution in [1.82, 2.24) is 10.2 Å². The molecule has 0 fully saturated rings. The van der Waals surface area contributed by atoms with E-state index in [9.17, 15) is 9.59 Å². The van der Waals surface area contributed by atoms with Gasteiger partial charge in [0.05, 0.1) is 5.02 Å². The summed E-state index contributed by atoms with van der Waals surface area (Å²) in [5, 5.41) is 3.74. The second kappa shape index (κ2) is 11.8. The Kier molecular flexibility index (Phi) is 9.47. The van der Waals surface area contributed by atoms with Gasteiger partial charge in [0.2, 0.25) is 5.91 Å². The van der Waals surface area contributed by atoms with E-state index in [4.69, 9.17) is 27.9 Å². The van der Waals surface area contributed by atoms with E-state index in [2.05, 4.69) is 5.32 Å². The molecule has 2 rings (SSSR count). The molecule has 0 aliphatic rings. The molecule has 30 heavy (non-hydrogen) atoms. The maximum absolute atomic E-state index is 13.1. The minimum atomic E-state index is -0.597. The summed E-state index contributed by atoms with van der Waals surface area (Å²) in [6, 6.07) is 13.8. The lowest BCUT2D eigenvalue weighted by atomic mass is 10.1. The summed E-state index contributed by atoms with van der Waals surface area (Å²) in [6.45, 7) is 6.57. The van der Waals surface area contributed by atoms with E-state index < -0.39 is 6.04 Å². The predicted molar refractivity (Wildman–Crippen MR) is 121 cm³/mol. The molecule has 0 radical (unpaired) electrons. The summed E-state index contributed by atoms with van der Waals surface area (Å²) in [7, 11) is 0. The molecule has 2 aromatic carbocycles. The number of rotatable bonds is 10. The van der Waals surface area contributed by atoms with E-state index in [1.165, 1.54) is 0 Å². The molecule has 7 heteroatoms. The van der Waals surface area contributed by atoms with E-state index in [1.54, 1.807) is 23.1 Å². The molecule has 5 nitrogen and oxygen atoms in total. The highest BCUT2D eigenvalue weighted by Crippen LogP contribution is 2.27. The molecule has 0 aromatic heterocycles. The first-order chi connectivity index (χ1) is 14.3. The van der Waals surface area contributed by atoms with Crippen LogP contribution in [0.5, 0.6) is 5.75 Å². The molecule has 2 amide bonds. The molecular formula is C23H28Cl2N2O3.